The summed E-state index contributed by atoms with van der Waals surface area (Å²) in [5.74, 6) is 11.0. The molecule has 0 spiro atoms. The van der Waals surface area contributed by atoms with Gasteiger partial charge >= 0.3 is 7.82 Å². The molecule has 1 aliphatic heterocycles. The Labute approximate surface area is 686 Å². The Bertz CT molecular complexity index is 2120. The summed E-state index contributed by atoms with van der Waals surface area (Å²) in [6.07, 6.45) is 45.2. The molecule has 1 saturated heterocycles. The van der Waals surface area contributed by atoms with E-state index in [-0.39, 0.29) is 33.0 Å². The summed E-state index contributed by atoms with van der Waals surface area (Å²) in [6.45, 7) is 38.6. The molecule has 0 saturated carbocycles. The summed E-state index contributed by atoms with van der Waals surface area (Å²) in [5, 5.41) is 74.5. The first-order valence-electron chi connectivity index (χ1n) is 47.2. The van der Waals surface area contributed by atoms with Crippen LogP contribution in [0.2, 0.25) is 0 Å². The van der Waals surface area contributed by atoms with Crippen LogP contribution in [0.15, 0.2) is 0 Å². The van der Waals surface area contributed by atoms with Crippen LogP contribution in [-0.2, 0) is 32.6 Å². The van der Waals surface area contributed by atoms with Crippen molar-refractivity contribution in [1.82, 2.24) is 0 Å². The standard InChI is InChI=1S/C94H190NO15P/c1-72-29-17-33-76(5)41-25-49-84(13)57-62-105-68-88(69-110-111(103,104)109-66-61-95)107-64-59-86(15)51-27-43-78(7)35-19-31-74(3)39-23-47-82(11)55-53-81(10)46-22-38-73(2)30-18-34-77(6)42-26-50-85(14)58-63-106-70-90(92(100)94(102,71-97)93(101)91(99)89(98)67-96)108-65-60-87(16)52-28-44-79(8)36-20-32-75(4)40-24-48-83(12)56-54-80(9)45-21-37-72/h72-93,96-102H,17-71,95H2,1-16H3,(H,103,104)/t72-,73-,74-,75-,76+,77+,78+,79+,80-,81-,82-,83-,84+,85+,86+,87+,88?,89?,90?,91?,92?,93?,94?/m1/s1. The van der Waals surface area contributed by atoms with Gasteiger partial charge in [0.15, 0.2) is 0 Å². The van der Waals surface area contributed by atoms with Gasteiger partial charge in [0.05, 0.1) is 39.6 Å². The number of phosphoric acid groups is 1. The molecule has 0 aromatic rings. The van der Waals surface area contributed by atoms with Crippen molar-refractivity contribution in [1.29, 1.82) is 0 Å². The lowest BCUT2D eigenvalue weighted by atomic mass is 9.83. The molecule has 8 unspecified atom stereocenters. The lowest BCUT2D eigenvalue weighted by molar-refractivity contribution is -0.237. The Morgan fingerprint density at radius 2 is 0.604 bits per heavy atom. The van der Waals surface area contributed by atoms with Gasteiger partial charge in [-0.05, 0) is 120 Å². The van der Waals surface area contributed by atoms with Crippen molar-refractivity contribution in [3.63, 3.8) is 0 Å². The smallest absolute Gasteiger partial charge is 0.394 e. The first kappa shape index (κ1) is 109. The fraction of sp³-hybridized carbons (Fsp3) is 1.00. The van der Waals surface area contributed by atoms with Crippen LogP contribution in [0.1, 0.15) is 393 Å². The second kappa shape index (κ2) is 67.3. The van der Waals surface area contributed by atoms with Gasteiger partial charge in [-0.25, -0.2) is 4.57 Å². The summed E-state index contributed by atoms with van der Waals surface area (Å²) in [5.41, 5.74) is 2.87. The molecular weight excluding hydrogens is 1410 g/mol. The second-order valence-electron chi connectivity index (χ2n) is 38.9. The van der Waals surface area contributed by atoms with Crippen LogP contribution in [0.3, 0.4) is 0 Å². The molecule has 666 valence electrons. The molecule has 10 N–H and O–H groups in total. The van der Waals surface area contributed by atoms with Gasteiger partial charge in [0, 0.05) is 33.0 Å². The highest BCUT2D eigenvalue weighted by atomic mass is 31.2. The van der Waals surface area contributed by atoms with Crippen molar-refractivity contribution in [3.8, 4) is 0 Å². The number of hydrogen-bond acceptors (Lipinski definition) is 15. The molecule has 1 aliphatic rings. The third-order valence-corrected chi connectivity index (χ3v) is 27.3. The molecule has 1 fully saturated rings. The number of phosphoric ester groups is 1. The zero-order valence-electron chi connectivity index (χ0n) is 75.6. The van der Waals surface area contributed by atoms with Gasteiger partial charge in [0.25, 0.3) is 0 Å². The van der Waals surface area contributed by atoms with Gasteiger partial charge in [-0.2, -0.15) is 0 Å². The first-order valence-corrected chi connectivity index (χ1v) is 48.7. The molecule has 0 aliphatic carbocycles. The van der Waals surface area contributed by atoms with E-state index in [1.54, 1.807) is 0 Å². The average Bonchev–Trinajstić information content (AvgIpc) is 0.799. The number of hydrogen-bond donors (Lipinski definition) is 9. The molecule has 0 radical (unpaired) electrons. The molecule has 0 aromatic carbocycles. The van der Waals surface area contributed by atoms with Crippen molar-refractivity contribution in [2.45, 2.75) is 436 Å². The van der Waals surface area contributed by atoms with Gasteiger partial charge in [0.1, 0.15) is 42.2 Å². The Balaban J connectivity index is 2.84. The normalized spacial score (nSPS) is 34.3. The third-order valence-electron chi connectivity index (χ3n) is 26.4. The second-order valence-corrected chi connectivity index (χ2v) is 40.3. The quantitative estimate of drug-likeness (QED) is 0.0777. The number of aliphatic hydroxyl groups excluding tert-OH is 6. The Morgan fingerprint density at radius 3 is 0.865 bits per heavy atom. The monoisotopic (exact) mass is 1600 g/mol. The van der Waals surface area contributed by atoms with E-state index in [0.29, 0.717) is 68.4 Å². The Kier molecular flexibility index (Phi) is 65.9. The van der Waals surface area contributed by atoms with Crippen LogP contribution in [0.25, 0.3) is 0 Å². The first-order chi connectivity index (χ1) is 52.8. The van der Waals surface area contributed by atoms with Gasteiger partial charge in [-0.3, -0.25) is 9.05 Å². The summed E-state index contributed by atoms with van der Waals surface area (Å²) in [6, 6.07) is 0. The molecule has 17 heteroatoms. The molecule has 1 rings (SSSR count). The molecule has 1 heterocycles. The predicted molar refractivity (Wildman–Crippen MR) is 465 cm³/mol. The molecule has 111 heavy (non-hydrogen) atoms. The zero-order chi connectivity index (χ0) is 82.8. The minimum absolute atomic E-state index is 0.0472. The van der Waals surface area contributed by atoms with Crippen LogP contribution < -0.4 is 5.73 Å². The lowest BCUT2D eigenvalue weighted by Gasteiger charge is -2.41. The summed E-state index contributed by atoms with van der Waals surface area (Å²) >= 11 is 0. The van der Waals surface area contributed by atoms with E-state index in [1.807, 2.05) is 0 Å². The number of ether oxygens (including phenoxy) is 4. The fourth-order valence-electron chi connectivity index (χ4n) is 17.1. The maximum Gasteiger partial charge on any atom is 0.472 e. The van der Waals surface area contributed by atoms with Gasteiger partial charge < -0.3 is 65.3 Å². The SMILES string of the molecule is C[C@@H]1CCC[C@H](C)CCC[C@H](C)CCOCC(COP(=O)(O)OCCN)OCC[C@@H](C)CCC[C@@H](C)CCC[C@@H](C)CCC[C@@H](C)CC[C@H](C)CCC[C@H](C)CCC[C@H](C)CCC[C@H](C)CCOCC(C(O)C(O)(CO)C(O)C(O)C(O)CO)OCC[C@@H](C)CCC[C@@H](C)CCC[C@@H](C)CCC[C@@H](C)CC[C@H](C)CCC1. The van der Waals surface area contributed by atoms with Gasteiger partial charge in [0.2, 0.25) is 0 Å². The van der Waals surface area contributed by atoms with E-state index in [9.17, 15) is 45.2 Å². The summed E-state index contributed by atoms with van der Waals surface area (Å²) in [4.78, 5) is 10.3. The summed E-state index contributed by atoms with van der Waals surface area (Å²) in [7, 11) is -4.23. The molecule has 0 amide bonds. The fourth-order valence-corrected chi connectivity index (χ4v) is 17.9. The Hall–Kier alpha value is -0.370. The predicted octanol–water partition coefficient (Wildman–Crippen LogP) is 22.4. The highest BCUT2D eigenvalue weighted by Crippen LogP contribution is 2.43. The average molecular weight is 1610 g/mol. The highest BCUT2D eigenvalue weighted by Gasteiger charge is 2.50. The van der Waals surface area contributed by atoms with E-state index in [4.69, 9.17) is 33.7 Å². The minimum Gasteiger partial charge on any atom is -0.394 e. The van der Waals surface area contributed by atoms with E-state index >= 15 is 0 Å². The molecule has 24 atom stereocenters. The van der Waals surface area contributed by atoms with E-state index < -0.39 is 63.3 Å². The largest absolute Gasteiger partial charge is 0.472 e. The molecule has 0 bridgehead atoms. The van der Waals surface area contributed by atoms with Crippen molar-refractivity contribution < 1.29 is 73.2 Å². The van der Waals surface area contributed by atoms with Crippen molar-refractivity contribution in [2.75, 3.05) is 72.6 Å². The van der Waals surface area contributed by atoms with Crippen LogP contribution in [0.5, 0.6) is 0 Å². The van der Waals surface area contributed by atoms with Crippen LogP contribution >= 0.6 is 7.82 Å². The highest BCUT2D eigenvalue weighted by molar-refractivity contribution is 7.47. The molecule has 16 nitrogen and oxygen atoms in total. The maximum atomic E-state index is 12.5. The minimum atomic E-state index is -4.23. The van der Waals surface area contributed by atoms with Crippen molar-refractivity contribution in [3.05, 3.63) is 0 Å². The van der Waals surface area contributed by atoms with E-state index in [2.05, 4.69) is 111 Å². The van der Waals surface area contributed by atoms with Gasteiger partial charge in [-0.15, -0.1) is 0 Å². The van der Waals surface area contributed by atoms with E-state index in [1.165, 1.54) is 231 Å². The molecule has 0 aromatic heterocycles. The van der Waals surface area contributed by atoms with Crippen molar-refractivity contribution >= 4 is 7.82 Å². The van der Waals surface area contributed by atoms with Crippen LogP contribution in [0, 0.1) is 94.7 Å². The number of nitrogens with two attached hydrogens (primary N) is 1. The van der Waals surface area contributed by atoms with Gasteiger partial charge in [-0.1, -0.05) is 368 Å². The van der Waals surface area contributed by atoms with E-state index in [0.717, 1.165) is 104 Å². The third kappa shape index (κ3) is 58.3. The number of aliphatic hydroxyl groups is 7. The van der Waals surface area contributed by atoms with Crippen LogP contribution in [-0.4, -0.2) is 155 Å². The number of rotatable bonds is 13. The van der Waals surface area contributed by atoms with Crippen molar-refractivity contribution in [2.24, 2.45) is 100 Å². The lowest BCUT2D eigenvalue weighted by Crippen LogP contribution is -2.65. The van der Waals surface area contributed by atoms with Crippen LogP contribution in [0.4, 0.5) is 0 Å². The summed E-state index contributed by atoms with van der Waals surface area (Å²) < 4.78 is 47.7. The zero-order valence-corrected chi connectivity index (χ0v) is 76.4. The topological polar surface area (TPSA) is 260 Å². The molecular formula is C94H190NO15P. The maximum absolute atomic E-state index is 12.5. The Morgan fingerprint density at radius 1 is 0.360 bits per heavy atom.